The molecule has 1 aromatic heterocycles. The fourth-order valence-corrected chi connectivity index (χ4v) is 2.93. The minimum Gasteiger partial charge on any atom is -0.366 e. The molecule has 0 atom stereocenters. The molecule has 0 radical (unpaired) electrons. The average molecular weight is 257 g/mol. The van der Waals surface area contributed by atoms with Crippen LogP contribution in [0.2, 0.25) is 0 Å². The number of fused-ring (bicyclic) bond motifs is 1. The molecule has 1 aromatic carbocycles. The Morgan fingerprint density at radius 3 is 2.79 bits per heavy atom. The van der Waals surface area contributed by atoms with Crippen molar-refractivity contribution in [2.75, 3.05) is 20.1 Å². The zero-order chi connectivity index (χ0) is 13.4. The number of aromatic amines is 1. The number of rotatable bonds is 2. The second-order valence-corrected chi connectivity index (χ2v) is 5.43. The van der Waals surface area contributed by atoms with Gasteiger partial charge < -0.3 is 15.6 Å². The van der Waals surface area contributed by atoms with Gasteiger partial charge in [0, 0.05) is 28.1 Å². The molecule has 1 saturated heterocycles. The van der Waals surface area contributed by atoms with E-state index in [-0.39, 0.29) is 5.91 Å². The Labute approximate surface area is 112 Å². The molecule has 3 rings (SSSR count). The molecule has 0 saturated carbocycles. The molecule has 0 spiro atoms. The Kier molecular flexibility index (Phi) is 3.03. The van der Waals surface area contributed by atoms with Gasteiger partial charge in [-0.15, -0.1) is 0 Å². The van der Waals surface area contributed by atoms with Crippen LogP contribution in [0.5, 0.6) is 0 Å². The lowest BCUT2D eigenvalue weighted by atomic mass is 9.94. The maximum absolute atomic E-state index is 11.4. The monoisotopic (exact) mass is 257 g/mol. The van der Waals surface area contributed by atoms with Gasteiger partial charge in [0.25, 0.3) is 0 Å². The molecule has 19 heavy (non-hydrogen) atoms. The Morgan fingerprint density at radius 2 is 2.11 bits per heavy atom. The summed E-state index contributed by atoms with van der Waals surface area (Å²) in [4.78, 5) is 17.2. The highest BCUT2D eigenvalue weighted by Crippen LogP contribution is 2.30. The minimum absolute atomic E-state index is 0.362. The molecular formula is C15H19N3O. The first kappa shape index (κ1) is 12.2. The molecule has 2 heterocycles. The number of primary amides is 1. The molecule has 1 aliphatic heterocycles. The molecule has 100 valence electrons. The van der Waals surface area contributed by atoms with E-state index in [1.54, 1.807) is 6.07 Å². The molecule has 0 unspecified atom stereocenters. The molecule has 0 aliphatic carbocycles. The van der Waals surface area contributed by atoms with Gasteiger partial charge in [-0.2, -0.15) is 0 Å². The third-order valence-electron chi connectivity index (χ3n) is 4.11. The molecule has 0 bridgehead atoms. The Balaban J connectivity index is 1.98. The van der Waals surface area contributed by atoms with E-state index in [9.17, 15) is 4.79 Å². The summed E-state index contributed by atoms with van der Waals surface area (Å²) in [5.41, 5.74) is 8.27. The van der Waals surface area contributed by atoms with Crippen molar-refractivity contribution in [1.29, 1.82) is 0 Å². The van der Waals surface area contributed by atoms with E-state index in [0.29, 0.717) is 11.5 Å². The first-order valence-corrected chi connectivity index (χ1v) is 6.75. The third kappa shape index (κ3) is 2.24. The fourth-order valence-electron chi connectivity index (χ4n) is 2.93. The smallest absolute Gasteiger partial charge is 0.249 e. The van der Waals surface area contributed by atoms with Gasteiger partial charge in [-0.1, -0.05) is 6.07 Å². The van der Waals surface area contributed by atoms with Crippen LogP contribution in [0.15, 0.2) is 24.3 Å². The maximum Gasteiger partial charge on any atom is 0.249 e. The summed E-state index contributed by atoms with van der Waals surface area (Å²) in [6, 6.07) is 7.76. The van der Waals surface area contributed by atoms with Gasteiger partial charge in [0.15, 0.2) is 0 Å². The van der Waals surface area contributed by atoms with Crippen LogP contribution in [0.25, 0.3) is 10.9 Å². The highest BCUT2D eigenvalue weighted by molar-refractivity contribution is 6.05. The fraction of sp³-hybridized carbons (Fsp3) is 0.400. The van der Waals surface area contributed by atoms with E-state index < -0.39 is 0 Å². The number of carbonyl (C=O) groups is 1. The number of aromatic nitrogens is 1. The second-order valence-electron chi connectivity index (χ2n) is 5.43. The molecule has 1 fully saturated rings. The zero-order valence-electron chi connectivity index (χ0n) is 11.1. The summed E-state index contributed by atoms with van der Waals surface area (Å²) in [6.45, 7) is 2.26. The van der Waals surface area contributed by atoms with Crippen LogP contribution in [0, 0.1) is 0 Å². The highest BCUT2D eigenvalue weighted by atomic mass is 16.1. The maximum atomic E-state index is 11.4. The number of nitrogens with one attached hydrogen (secondary N) is 1. The quantitative estimate of drug-likeness (QED) is 0.865. The number of nitrogens with two attached hydrogens (primary N) is 1. The van der Waals surface area contributed by atoms with Crippen molar-refractivity contribution in [2.45, 2.75) is 18.8 Å². The highest BCUT2D eigenvalue weighted by Gasteiger charge is 2.20. The topological polar surface area (TPSA) is 62.1 Å². The number of hydrogen-bond acceptors (Lipinski definition) is 2. The summed E-state index contributed by atoms with van der Waals surface area (Å²) in [6.07, 6.45) is 2.32. The second kappa shape index (κ2) is 4.70. The normalized spacial score (nSPS) is 17.9. The van der Waals surface area contributed by atoms with Gasteiger partial charge in [0.05, 0.1) is 0 Å². The number of nitrogens with zero attached hydrogens (tertiary/aromatic N) is 1. The van der Waals surface area contributed by atoms with Gasteiger partial charge in [0.2, 0.25) is 5.91 Å². The van der Waals surface area contributed by atoms with Crippen molar-refractivity contribution in [2.24, 2.45) is 5.73 Å². The van der Waals surface area contributed by atoms with Crippen molar-refractivity contribution in [3.8, 4) is 0 Å². The average Bonchev–Trinajstić information content (AvgIpc) is 2.82. The number of H-pyrrole nitrogens is 1. The Morgan fingerprint density at radius 1 is 1.37 bits per heavy atom. The van der Waals surface area contributed by atoms with E-state index in [1.807, 2.05) is 12.1 Å². The molecule has 1 aliphatic rings. The van der Waals surface area contributed by atoms with E-state index in [1.165, 1.54) is 5.69 Å². The lowest BCUT2D eigenvalue weighted by Crippen LogP contribution is -2.29. The Hall–Kier alpha value is -1.81. The molecule has 4 nitrogen and oxygen atoms in total. The van der Waals surface area contributed by atoms with Gasteiger partial charge >= 0.3 is 0 Å². The van der Waals surface area contributed by atoms with Crippen LogP contribution in [-0.2, 0) is 0 Å². The zero-order valence-corrected chi connectivity index (χ0v) is 11.1. The lowest BCUT2D eigenvalue weighted by molar-refractivity contribution is 0.100. The number of likely N-dealkylation sites (tertiary alicyclic amines) is 1. The van der Waals surface area contributed by atoms with Crippen LogP contribution in [0.4, 0.5) is 0 Å². The molecule has 3 N–H and O–H groups in total. The summed E-state index contributed by atoms with van der Waals surface area (Å²) >= 11 is 0. The number of piperidine rings is 1. The largest absolute Gasteiger partial charge is 0.366 e. The van der Waals surface area contributed by atoms with Crippen molar-refractivity contribution >= 4 is 16.8 Å². The van der Waals surface area contributed by atoms with Crippen LogP contribution in [0.3, 0.4) is 0 Å². The molecule has 4 heteroatoms. The first-order chi connectivity index (χ1) is 9.15. The van der Waals surface area contributed by atoms with Gasteiger partial charge in [0.1, 0.15) is 0 Å². The SMILES string of the molecule is CN1CCC(c2cc3c(C(N)=O)cccc3[nH]2)CC1. The van der Waals surface area contributed by atoms with Crippen molar-refractivity contribution in [3.63, 3.8) is 0 Å². The minimum atomic E-state index is -0.362. The van der Waals surface area contributed by atoms with E-state index in [4.69, 9.17) is 5.73 Å². The van der Waals surface area contributed by atoms with Crippen LogP contribution < -0.4 is 5.73 Å². The summed E-state index contributed by atoms with van der Waals surface area (Å²) < 4.78 is 0. The molecular weight excluding hydrogens is 238 g/mol. The number of benzene rings is 1. The van der Waals surface area contributed by atoms with Gasteiger partial charge in [-0.25, -0.2) is 0 Å². The van der Waals surface area contributed by atoms with Crippen LogP contribution in [0.1, 0.15) is 34.8 Å². The number of hydrogen-bond donors (Lipinski definition) is 2. The van der Waals surface area contributed by atoms with Gasteiger partial charge in [-0.05, 0) is 51.2 Å². The van der Waals surface area contributed by atoms with E-state index in [2.05, 4.69) is 23.0 Å². The third-order valence-corrected chi connectivity index (χ3v) is 4.11. The summed E-state index contributed by atoms with van der Waals surface area (Å²) in [5.74, 6) is 0.198. The van der Waals surface area contributed by atoms with Crippen molar-refractivity contribution < 1.29 is 4.79 Å². The number of amides is 1. The predicted molar refractivity (Wildman–Crippen MR) is 76.3 cm³/mol. The molecule has 1 amide bonds. The predicted octanol–water partition coefficient (Wildman–Crippen LogP) is 2.08. The summed E-state index contributed by atoms with van der Waals surface area (Å²) in [7, 11) is 2.16. The van der Waals surface area contributed by atoms with Crippen molar-refractivity contribution in [3.05, 3.63) is 35.5 Å². The Bertz CT molecular complexity index is 609. The van der Waals surface area contributed by atoms with E-state index >= 15 is 0 Å². The standard InChI is InChI=1S/C15H19N3O/c1-18-7-5-10(6-8-18)14-9-12-11(15(16)19)3-2-4-13(12)17-14/h2-4,9-10,17H,5-8H2,1H3,(H2,16,19). The first-order valence-electron chi connectivity index (χ1n) is 6.75. The van der Waals surface area contributed by atoms with E-state index in [0.717, 1.165) is 36.8 Å². The molecule has 2 aromatic rings. The number of carbonyl (C=O) groups excluding carboxylic acids is 1. The summed E-state index contributed by atoms with van der Waals surface area (Å²) in [5, 5.41) is 0.948. The lowest BCUT2D eigenvalue weighted by Gasteiger charge is -2.28. The van der Waals surface area contributed by atoms with Crippen molar-refractivity contribution in [1.82, 2.24) is 9.88 Å². The van der Waals surface area contributed by atoms with Crippen LogP contribution in [-0.4, -0.2) is 35.9 Å². The van der Waals surface area contributed by atoms with Gasteiger partial charge in [-0.3, -0.25) is 4.79 Å². The van der Waals surface area contributed by atoms with Crippen LogP contribution >= 0.6 is 0 Å².